The van der Waals surface area contributed by atoms with Crippen molar-refractivity contribution in [3.8, 4) is 73.2 Å². The molecule has 3 heterocycles. The first-order valence-electron chi connectivity index (χ1n) is 23.1. The van der Waals surface area contributed by atoms with Crippen molar-refractivity contribution in [3.63, 3.8) is 0 Å². The molecule has 0 aliphatic rings. The number of aromatic nitrogens is 4. The molecule has 12 aromatic rings. The minimum atomic E-state index is 0.567. The molecule has 3 aromatic heterocycles. The summed E-state index contributed by atoms with van der Waals surface area (Å²) in [6, 6.07) is 74.7. The number of para-hydroxylation sites is 2. The quantitative estimate of drug-likeness (QED) is 0.0960. The molecule has 0 aliphatic heterocycles. The van der Waals surface area contributed by atoms with Crippen molar-refractivity contribution in [1.29, 1.82) is 0 Å². The summed E-state index contributed by atoms with van der Waals surface area (Å²) in [5, 5.41) is 4.37. The second-order valence-electron chi connectivity index (χ2n) is 17.1. The molecule has 0 atom stereocenters. The molecule has 5 heteroatoms. The van der Waals surface area contributed by atoms with Gasteiger partial charge in [0.1, 0.15) is 11.2 Å². The van der Waals surface area contributed by atoms with Crippen LogP contribution in [0.1, 0.15) is 18.4 Å². The Kier molecular flexibility index (Phi) is 10.4. The number of benzene rings is 9. The maximum Gasteiger partial charge on any atom is 0.164 e. The van der Waals surface area contributed by atoms with Gasteiger partial charge in [-0.25, -0.2) is 15.0 Å². The van der Waals surface area contributed by atoms with Crippen LogP contribution in [0.15, 0.2) is 235 Å². The van der Waals surface area contributed by atoms with Crippen LogP contribution < -0.4 is 0 Å². The van der Waals surface area contributed by atoms with E-state index >= 15 is 0 Å². The Labute approximate surface area is 394 Å². The third-order valence-corrected chi connectivity index (χ3v) is 12.8. The molecule has 0 amide bonds. The number of nitrogens with zero attached hydrogens (tertiary/aromatic N) is 4. The van der Waals surface area contributed by atoms with E-state index in [-0.39, 0.29) is 0 Å². The minimum absolute atomic E-state index is 0.567. The number of hydrogen-bond acceptors (Lipinski definition) is 4. The Morgan fingerprint density at radius 3 is 1.68 bits per heavy atom. The van der Waals surface area contributed by atoms with Gasteiger partial charge < -0.3 is 8.98 Å². The fourth-order valence-corrected chi connectivity index (χ4v) is 9.61. The fourth-order valence-electron chi connectivity index (χ4n) is 9.61. The first kappa shape index (κ1) is 40.6. The van der Waals surface area contributed by atoms with Crippen LogP contribution in [0.25, 0.3) is 123 Å². The van der Waals surface area contributed by atoms with Gasteiger partial charge in [0.05, 0.1) is 16.7 Å². The maximum atomic E-state index is 6.39. The third-order valence-electron chi connectivity index (χ3n) is 12.8. The number of rotatable bonds is 11. The van der Waals surface area contributed by atoms with E-state index in [1.54, 1.807) is 0 Å². The Hall–Kier alpha value is -8.93. The van der Waals surface area contributed by atoms with E-state index in [1.807, 2.05) is 42.5 Å². The monoisotopic (exact) mass is 872 g/mol. The lowest BCUT2D eigenvalue weighted by Gasteiger charge is -2.21. The highest BCUT2D eigenvalue weighted by atomic mass is 16.3. The molecule has 0 saturated carbocycles. The largest absolute Gasteiger partial charge is 0.456 e. The number of hydrogen-bond donors (Lipinski definition) is 0. The summed E-state index contributed by atoms with van der Waals surface area (Å²) >= 11 is 0. The molecule has 12 rings (SSSR count). The summed E-state index contributed by atoms with van der Waals surface area (Å²) in [5.74, 6) is 1.72. The van der Waals surface area contributed by atoms with E-state index in [1.165, 1.54) is 16.3 Å². The van der Waals surface area contributed by atoms with Gasteiger partial charge in [0, 0.05) is 49.4 Å². The van der Waals surface area contributed by atoms with E-state index in [0.717, 1.165) is 102 Å². The summed E-state index contributed by atoms with van der Waals surface area (Å²) in [4.78, 5) is 16.1. The predicted molar refractivity (Wildman–Crippen MR) is 283 cm³/mol. The SMILES string of the molecule is C=CCC/C=C/c1ccc2c(c1)c1ccccc1n2-c1c(-c2ccccc2)cc(-c2nc(-c3ccc(-c4ccccc4)cc3)nc(-c3cccc4oc5ccccc5c34)n2)cc1-c1ccccc1. The topological polar surface area (TPSA) is 56.7 Å². The van der Waals surface area contributed by atoms with E-state index in [4.69, 9.17) is 19.4 Å². The first-order valence-corrected chi connectivity index (χ1v) is 23.1. The van der Waals surface area contributed by atoms with Gasteiger partial charge in [0.25, 0.3) is 0 Å². The normalized spacial score (nSPS) is 11.6. The van der Waals surface area contributed by atoms with Gasteiger partial charge in [-0.2, -0.15) is 0 Å². The Morgan fingerprint density at radius 1 is 0.412 bits per heavy atom. The predicted octanol–water partition coefficient (Wildman–Crippen LogP) is 16.8. The first-order chi connectivity index (χ1) is 33.7. The average molecular weight is 873 g/mol. The molecule has 0 aliphatic carbocycles. The van der Waals surface area contributed by atoms with E-state index in [0.29, 0.717) is 17.5 Å². The Bertz CT molecular complexity index is 3790. The Morgan fingerprint density at radius 2 is 0.971 bits per heavy atom. The molecule has 0 N–H and O–H groups in total. The summed E-state index contributed by atoms with van der Waals surface area (Å²) in [5.41, 5.74) is 15.3. The van der Waals surface area contributed by atoms with Gasteiger partial charge in [-0.15, -0.1) is 6.58 Å². The zero-order chi connectivity index (χ0) is 45.4. The van der Waals surface area contributed by atoms with Gasteiger partial charge in [0.15, 0.2) is 17.5 Å². The molecule has 0 unspecified atom stereocenters. The molecule has 68 heavy (non-hydrogen) atoms. The summed E-state index contributed by atoms with van der Waals surface area (Å²) in [6.45, 7) is 3.90. The van der Waals surface area contributed by atoms with Crippen LogP contribution in [0.4, 0.5) is 0 Å². The van der Waals surface area contributed by atoms with Crippen molar-refractivity contribution < 1.29 is 4.42 Å². The standard InChI is InChI=1S/C63H44N4O/c1-2-3-4-8-20-42-33-38-56-54(39-42)49-27-15-17-30-55(49)67(56)60-52(45-23-11-6-12-24-45)40-48(41-53(60)46-25-13-7-14-26-46)62-64-61(47-36-34-44(35-37-47)43-21-9-5-10-22-43)65-63(66-62)51-29-19-32-58-59(51)50-28-16-18-31-57(50)68-58/h2,5-41H,1,3-4H2/b20-8+. The average Bonchev–Trinajstić information content (AvgIpc) is 3.96. The molecular weight excluding hydrogens is 829 g/mol. The smallest absolute Gasteiger partial charge is 0.164 e. The molecule has 0 fully saturated rings. The number of furan rings is 1. The van der Waals surface area contributed by atoms with Gasteiger partial charge in [-0.1, -0.05) is 188 Å². The molecule has 0 bridgehead atoms. The van der Waals surface area contributed by atoms with Gasteiger partial charge >= 0.3 is 0 Å². The highest BCUT2D eigenvalue weighted by Crippen LogP contribution is 2.44. The minimum Gasteiger partial charge on any atom is -0.456 e. The van der Waals surface area contributed by atoms with Crippen molar-refractivity contribution in [1.82, 2.24) is 19.5 Å². The number of allylic oxidation sites excluding steroid dienone is 2. The van der Waals surface area contributed by atoms with Crippen LogP contribution in [0.5, 0.6) is 0 Å². The maximum absolute atomic E-state index is 6.39. The lowest BCUT2D eigenvalue weighted by atomic mass is 9.92. The lowest BCUT2D eigenvalue weighted by Crippen LogP contribution is -2.04. The van der Waals surface area contributed by atoms with Crippen LogP contribution in [-0.4, -0.2) is 19.5 Å². The second-order valence-corrected chi connectivity index (χ2v) is 17.1. The number of fused-ring (bicyclic) bond motifs is 6. The summed E-state index contributed by atoms with van der Waals surface area (Å²) < 4.78 is 8.84. The lowest BCUT2D eigenvalue weighted by molar-refractivity contribution is 0.669. The van der Waals surface area contributed by atoms with Crippen molar-refractivity contribution >= 4 is 49.8 Å². The third kappa shape index (κ3) is 7.37. The highest BCUT2D eigenvalue weighted by Gasteiger charge is 2.24. The van der Waals surface area contributed by atoms with Gasteiger partial charge in [-0.05, 0) is 83.1 Å². The molecule has 0 radical (unpaired) electrons. The fraction of sp³-hybridized carbons (Fsp3) is 0.0317. The molecule has 322 valence electrons. The summed E-state index contributed by atoms with van der Waals surface area (Å²) in [6.07, 6.45) is 8.33. The molecule has 0 saturated heterocycles. The zero-order valence-electron chi connectivity index (χ0n) is 37.3. The van der Waals surface area contributed by atoms with Crippen LogP contribution in [0.2, 0.25) is 0 Å². The van der Waals surface area contributed by atoms with Crippen LogP contribution in [-0.2, 0) is 0 Å². The number of unbranched alkanes of at least 4 members (excludes halogenated alkanes) is 1. The second kappa shape index (κ2) is 17.5. The van der Waals surface area contributed by atoms with E-state index in [9.17, 15) is 0 Å². The van der Waals surface area contributed by atoms with Crippen molar-refractivity contribution in [3.05, 3.63) is 237 Å². The van der Waals surface area contributed by atoms with Gasteiger partial charge in [-0.3, -0.25) is 0 Å². The molecule has 5 nitrogen and oxygen atoms in total. The molecule has 0 spiro atoms. The molecular formula is C63H44N4O. The van der Waals surface area contributed by atoms with Gasteiger partial charge in [0.2, 0.25) is 0 Å². The Balaban J connectivity index is 1.13. The van der Waals surface area contributed by atoms with Crippen LogP contribution >= 0.6 is 0 Å². The van der Waals surface area contributed by atoms with E-state index in [2.05, 4.69) is 199 Å². The van der Waals surface area contributed by atoms with Crippen molar-refractivity contribution in [2.75, 3.05) is 0 Å². The molecule has 9 aromatic carbocycles. The zero-order valence-corrected chi connectivity index (χ0v) is 37.3. The summed E-state index contributed by atoms with van der Waals surface area (Å²) in [7, 11) is 0. The van der Waals surface area contributed by atoms with Crippen molar-refractivity contribution in [2.24, 2.45) is 0 Å². The van der Waals surface area contributed by atoms with E-state index < -0.39 is 0 Å². The van der Waals surface area contributed by atoms with Crippen LogP contribution in [0, 0.1) is 0 Å². The van der Waals surface area contributed by atoms with Crippen molar-refractivity contribution in [2.45, 2.75) is 12.8 Å². The van der Waals surface area contributed by atoms with Crippen LogP contribution in [0.3, 0.4) is 0 Å². The highest BCUT2D eigenvalue weighted by molar-refractivity contribution is 6.13.